The van der Waals surface area contributed by atoms with E-state index in [1.54, 1.807) is 0 Å². The van der Waals surface area contributed by atoms with Crippen molar-refractivity contribution < 1.29 is 31.9 Å². The fourth-order valence-corrected chi connectivity index (χ4v) is 5.29. The molecule has 7 nitrogen and oxygen atoms in total. The van der Waals surface area contributed by atoms with Gasteiger partial charge in [0.05, 0.1) is 22.1 Å². The first kappa shape index (κ1) is 24.6. The lowest BCUT2D eigenvalue weighted by atomic mass is 10.00. The van der Waals surface area contributed by atoms with Crippen molar-refractivity contribution >= 4 is 33.3 Å². The number of likely N-dealkylation sites (tertiary alicyclic amines) is 1. The number of hydrogen-bond acceptors (Lipinski definition) is 5. The molecule has 1 aliphatic carbocycles. The van der Waals surface area contributed by atoms with Gasteiger partial charge in [-0.3, -0.25) is 9.59 Å². The third-order valence-corrected chi connectivity index (χ3v) is 7.71. The first-order valence-corrected chi connectivity index (χ1v) is 12.9. The fraction of sp³-hybridized carbons (Fsp3) is 0.391. The van der Waals surface area contributed by atoms with Crippen molar-refractivity contribution in [3.05, 3.63) is 64.2 Å². The molecule has 0 bridgehead atoms. The number of nitrogens with one attached hydrogen (secondary N) is 1. The minimum absolute atomic E-state index is 0.0136. The normalized spacial score (nSPS) is 23.2. The highest BCUT2D eigenvalue weighted by Gasteiger charge is 2.56. The van der Waals surface area contributed by atoms with Gasteiger partial charge in [-0.2, -0.15) is 0 Å². The Morgan fingerprint density at radius 3 is 2.53 bits per heavy atom. The van der Waals surface area contributed by atoms with Crippen molar-refractivity contribution in [2.75, 3.05) is 6.26 Å². The van der Waals surface area contributed by atoms with E-state index in [1.165, 1.54) is 36.1 Å². The highest BCUT2D eigenvalue weighted by atomic mass is 35.5. The van der Waals surface area contributed by atoms with E-state index >= 15 is 0 Å². The van der Waals surface area contributed by atoms with Crippen LogP contribution in [0.25, 0.3) is 0 Å². The Kier molecular flexibility index (Phi) is 6.43. The number of nitrogens with zero attached hydrogens (tertiary/aromatic N) is 1. The molecule has 2 aromatic rings. The number of fused-ring (bicyclic) bond motifs is 1. The molecule has 0 aromatic heterocycles. The molecule has 2 fully saturated rings. The van der Waals surface area contributed by atoms with Gasteiger partial charge in [0.1, 0.15) is 17.7 Å². The lowest BCUT2D eigenvalue weighted by molar-refractivity contribution is -0.127. The molecular formula is C23H23ClF2N2O5S. The summed E-state index contributed by atoms with van der Waals surface area (Å²) in [5.74, 6) is -2.79. The lowest BCUT2D eigenvalue weighted by Crippen LogP contribution is -2.50. The molecule has 1 saturated heterocycles. The van der Waals surface area contributed by atoms with Crippen LogP contribution in [0.2, 0.25) is 5.02 Å². The quantitative estimate of drug-likeness (QED) is 0.579. The number of sulfone groups is 1. The van der Waals surface area contributed by atoms with Crippen molar-refractivity contribution in [2.45, 2.75) is 48.9 Å². The van der Waals surface area contributed by atoms with Gasteiger partial charge in [-0.1, -0.05) is 17.7 Å². The van der Waals surface area contributed by atoms with Gasteiger partial charge in [0, 0.05) is 23.4 Å². The van der Waals surface area contributed by atoms with E-state index in [9.17, 15) is 31.9 Å². The van der Waals surface area contributed by atoms with Crippen molar-refractivity contribution in [3.8, 4) is 0 Å². The molecule has 3 unspecified atom stereocenters. The lowest BCUT2D eigenvalue weighted by Gasteiger charge is -2.30. The molecule has 1 saturated carbocycles. The van der Waals surface area contributed by atoms with Crippen LogP contribution in [0.5, 0.6) is 0 Å². The van der Waals surface area contributed by atoms with Crippen molar-refractivity contribution in [1.29, 1.82) is 0 Å². The Morgan fingerprint density at radius 2 is 1.88 bits per heavy atom. The van der Waals surface area contributed by atoms with E-state index < -0.39 is 56.5 Å². The summed E-state index contributed by atoms with van der Waals surface area (Å²) in [7, 11) is -3.54. The molecule has 0 spiro atoms. The molecule has 182 valence electrons. The number of hydrogen-bond donors (Lipinski definition) is 2. The summed E-state index contributed by atoms with van der Waals surface area (Å²) < 4.78 is 52.2. The fourth-order valence-electron chi connectivity index (χ4n) is 4.48. The monoisotopic (exact) mass is 512 g/mol. The topological polar surface area (TPSA) is 104 Å². The second kappa shape index (κ2) is 8.90. The van der Waals surface area contributed by atoms with Crippen molar-refractivity contribution in [2.24, 2.45) is 5.92 Å². The molecule has 2 aromatic carbocycles. The smallest absolute Gasteiger partial charge is 0.254 e. The van der Waals surface area contributed by atoms with Crippen LogP contribution in [0.1, 0.15) is 41.7 Å². The van der Waals surface area contributed by atoms with Crippen molar-refractivity contribution in [1.82, 2.24) is 10.2 Å². The number of carbonyl (C=O) groups excluding carboxylic acids is 2. The minimum Gasteiger partial charge on any atom is -0.391 e. The summed E-state index contributed by atoms with van der Waals surface area (Å²) in [6, 6.07) is 4.83. The van der Waals surface area contributed by atoms with E-state index in [1.807, 2.05) is 0 Å². The van der Waals surface area contributed by atoms with Gasteiger partial charge in [-0.15, -0.1) is 0 Å². The van der Waals surface area contributed by atoms with Gasteiger partial charge in [0.15, 0.2) is 9.84 Å². The number of aliphatic hydroxyl groups excluding tert-OH is 1. The average Bonchev–Trinajstić information content (AvgIpc) is 3.43. The molecule has 5 atom stereocenters. The minimum atomic E-state index is -3.54. The zero-order valence-electron chi connectivity index (χ0n) is 18.3. The third kappa shape index (κ3) is 4.67. The average molecular weight is 513 g/mol. The predicted octanol–water partition coefficient (Wildman–Crippen LogP) is 2.86. The van der Waals surface area contributed by atoms with Gasteiger partial charge in [0.2, 0.25) is 5.91 Å². The van der Waals surface area contributed by atoms with E-state index in [2.05, 4.69) is 5.32 Å². The second-order valence-corrected chi connectivity index (χ2v) is 11.3. The van der Waals surface area contributed by atoms with E-state index in [0.717, 1.165) is 24.8 Å². The van der Waals surface area contributed by atoms with E-state index in [-0.39, 0.29) is 28.0 Å². The van der Waals surface area contributed by atoms with Crippen LogP contribution < -0.4 is 5.32 Å². The Labute approximate surface area is 200 Å². The van der Waals surface area contributed by atoms with Crippen LogP contribution in [0, 0.1) is 17.6 Å². The first-order valence-electron chi connectivity index (χ1n) is 10.6. The van der Waals surface area contributed by atoms with Crippen molar-refractivity contribution in [3.63, 3.8) is 0 Å². The van der Waals surface area contributed by atoms with Crippen LogP contribution in [-0.2, 0) is 14.6 Å². The highest BCUT2D eigenvalue weighted by molar-refractivity contribution is 7.90. The second-order valence-electron chi connectivity index (χ2n) is 8.84. The number of rotatable bonds is 6. The molecule has 1 aliphatic heterocycles. The molecule has 34 heavy (non-hydrogen) atoms. The first-order chi connectivity index (χ1) is 15.9. The van der Waals surface area contributed by atoms with Crippen LogP contribution >= 0.6 is 11.6 Å². The highest BCUT2D eigenvalue weighted by Crippen LogP contribution is 2.48. The molecule has 1 heterocycles. The molecule has 2 amide bonds. The third-order valence-electron chi connectivity index (χ3n) is 6.31. The van der Waals surface area contributed by atoms with E-state index in [4.69, 9.17) is 11.6 Å². The van der Waals surface area contributed by atoms with Crippen LogP contribution in [0.3, 0.4) is 0 Å². The maximum absolute atomic E-state index is 14.5. The predicted molar refractivity (Wildman–Crippen MR) is 120 cm³/mol. The summed E-state index contributed by atoms with van der Waals surface area (Å²) in [6.07, 6.45) is 0.857. The summed E-state index contributed by atoms with van der Waals surface area (Å²) in [5.41, 5.74) is -0.140. The Balaban J connectivity index is 1.59. The maximum atomic E-state index is 14.5. The van der Waals surface area contributed by atoms with Gasteiger partial charge >= 0.3 is 0 Å². The summed E-state index contributed by atoms with van der Waals surface area (Å²) in [6.45, 7) is 1.32. The number of aliphatic hydroxyl groups is 1. The Bertz CT molecular complexity index is 1270. The zero-order valence-corrected chi connectivity index (χ0v) is 19.9. The Morgan fingerprint density at radius 1 is 1.18 bits per heavy atom. The summed E-state index contributed by atoms with van der Waals surface area (Å²) >= 11 is 5.61. The van der Waals surface area contributed by atoms with Gasteiger partial charge < -0.3 is 15.3 Å². The number of piperidine rings is 1. The maximum Gasteiger partial charge on any atom is 0.254 e. The number of benzene rings is 2. The Hall–Kier alpha value is -2.56. The number of halogens is 3. The number of carbonyl (C=O) groups is 2. The zero-order chi connectivity index (χ0) is 24.9. The van der Waals surface area contributed by atoms with Crippen LogP contribution in [-0.4, -0.2) is 54.7 Å². The summed E-state index contributed by atoms with van der Waals surface area (Å²) in [5, 5.41) is 12.3. The summed E-state index contributed by atoms with van der Waals surface area (Å²) in [4.78, 5) is 27.9. The molecule has 2 aliphatic rings. The van der Waals surface area contributed by atoms with Crippen LogP contribution in [0.4, 0.5) is 8.78 Å². The SMILES string of the molecule is C[C@H](O)[C@@H](NC(=O)C1CC2CC2N1C(=O)c1cccc(S(C)(=O)=O)c1)c1cc(F)c(Cl)cc1F. The van der Waals surface area contributed by atoms with Gasteiger partial charge in [-0.05, 0) is 56.0 Å². The van der Waals surface area contributed by atoms with E-state index in [0.29, 0.717) is 6.42 Å². The largest absolute Gasteiger partial charge is 0.391 e. The van der Waals surface area contributed by atoms with Crippen LogP contribution in [0.15, 0.2) is 41.3 Å². The molecule has 2 N–H and O–H groups in total. The standard InChI is InChI=1S/C23H23ClF2N2O5S/c1-11(29)21(15-9-18(26)16(24)10-17(15)25)27-22(30)20-8-13-7-19(13)28(20)23(31)12-4-3-5-14(6-12)34(2,32)33/h3-6,9-11,13,19-21,29H,7-8H2,1-2H3,(H,27,30)/t11-,13?,19?,20?,21+/m0/s1. The number of amides is 2. The molecule has 4 rings (SSSR count). The molecular weight excluding hydrogens is 490 g/mol. The molecule has 0 radical (unpaired) electrons. The van der Waals surface area contributed by atoms with Gasteiger partial charge in [-0.25, -0.2) is 17.2 Å². The molecule has 11 heteroatoms. The van der Waals surface area contributed by atoms with Gasteiger partial charge in [0.25, 0.3) is 5.91 Å².